The first-order valence-electron chi connectivity index (χ1n) is 6.88. The zero-order valence-electron chi connectivity index (χ0n) is 11.2. The standard InChI is InChI=1S/C16H13N3O2/c20-16(21)13-6-3-7-14-15(13)19(18-17-14)12-8-10-4-1-2-5-11(10)9-12/h1-7,12H,8-9H2,(H,20,21). The molecule has 1 aliphatic carbocycles. The lowest BCUT2D eigenvalue weighted by Crippen LogP contribution is -2.13. The third-order valence-electron chi connectivity index (χ3n) is 4.10. The van der Waals surface area contributed by atoms with E-state index in [-0.39, 0.29) is 11.6 Å². The van der Waals surface area contributed by atoms with Crippen molar-refractivity contribution < 1.29 is 9.90 Å². The highest BCUT2D eigenvalue weighted by molar-refractivity contribution is 6.00. The predicted molar refractivity (Wildman–Crippen MR) is 77.4 cm³/mol. The summed E-state index contributed by atoms with van der Waals surface area (Å²) in [5, 5.41) is 17.7. The Labute approximate surface area is 120 Å². The lowest BCUT2D eigenvalue weighted by molar-refractivity contribution is 0.0698. The zero-order valence-corrected chi connectivity index (χ0v) is 11.2. The molecule has 21 heavy (non-hydrogen) atoms. The summed E-state index contributed by atoms with van der Waals surface area (Å²) < 4.78 is 1.78. The molecule has 0 amide bonds. The first-order valence-corrected chi connectivity index (χ1v) is 6.88. The van der Waals surface area contributed by atoms with Crippen molar-refractivity contribution in [3.05, 3.63) is 59.2 Å². The average Bonchev–Trinajstić information content (AvgIpc) is 3.09. The second kappa shape index (κ2) is 4.41. The third kappa shape index (κ3) is 1.81. The summed E-state index contributed by atoms with van der Waals surface area (Å²) in [6.45, 7) is 0. The Morgan fingerprint density at radius 2 is 1.81 bits per heavy atom. The molecule has 5 nitrogen and oxygen atoms in total. The number of aromatic nitrogens is 3. The smallest absolute Gasteiger partial charge is 0.337 e. The Morgan fingerprint density at radius 1 is 1.10 bits per heavy atom. The summed E-state index contributed by atoms with van der Waals surface area (Å²) in [4.78, 5) is 11.4. The molecular formula is C16H13N3O2. The van der Waals surface area contributed by atoms with Gasteiger partial charge in [-0.05, 0) is 36.1 Å². The lowest BCUT2D eigenvalue weighted by Gasteiger charge is -2.11. The van der Waals surface area contributed by atoms with Crippen molar-refractivity contribution >= 4 is 17.0 Å². The van der Waals surface area contributed by atoms with Crippen LogP contribution in [-0.4, -0.2) is 26.1 Å². The van der Waals surface area contributed by atoms with Crippen LogP contribution in [0.15, 0.2) is 42.5 Å². The average molecular weight is 279 g/mol. The molecule has 0 radical (unpaired) electrons. The van der Waals surface area contributed by atoms with E-state index in [4.69, 9.17) is 0 Å². The molecule has 1 N–H and O–H groups in total. The van der Waals surface area contributed by atoms with Gasteiger partial charge in [-0.15, -0.1) is 5.10 Å². The van der Waals surface area contributed by atoms with Crippen molar-refractivity contribution in [2.45, 2.75) is 18.9 Å². The molecule has 0 spiro atoms. The normalized spacial score (nSPS) is 14.5. The van der Waals surface area contributed by atoms with Gasteiger partial charge >= 0.3 is 5.97 Å². The molecule has 1 heterocycles. The fourth-order valence-electron chi connectivity index (χ4n) is 3.13. The summed E-state index contributed by atoms with van der Waals surface area (Å²) in [7, 11) is 0. The Bertz CT molecular complexity index is 829. The first-order chi connectivity index (χ1) is 10.2. The van der Waals surface area contributed by atoms with Crippen molar-refractivity contribution in [1.82, 2.24) is 15.0 Å². The minimum Gasteiger partial charge on any atom is -0.478 e. The Hall–Kier alpha value is -2.69. The number of hydrogen-bond acceptors (Lipinski definition) is 3. The third-order valence-corrected chi connectivity index (χ3v) is 4.10. The highest BCUT2D eigenvalue weighted by Crippen LogP contribution is 2.32. The molecule has 3 aromatic rings. The van der Waals surface area contributed by atoms with E-state index in [2.05, 4.69) is 22.4 Å². The number of hydrogen-bond donors (Lipinski definition) is 1. The number of aromatic carboxylic acids is 1. The van der Waals surface area contributed by atoms with E-state index in [1.54, 1.807) is 22.9 Å². The van der Waals surface area contributed by atoms with Gasteiger partial charge in [0.1, 0.15) is 11.0 Å². The number of para-hydroxylation sites is 1. The van der Waals surface area contributed by atoms with Crippen LogP contribution in [0.5, 0.6) is 0 Å². The SMILES string of the molecule is O=C(O)c1cccc2nnn(C3Cc4ccccc4C3)c12. The highest BCUT2D eigenvalue weighted by Gasteiger charge is 2.26. The largest absolute Gasteiger partial charge is 0.478 e. The molecule has 1 aromatic heterocycles. The van der Waals surface area contributed by atoms with Crippen LogP contribution in [0.4, 0.5) is 0 Å². The van der Waals surface area contributed by atoms with Crippen LogP contribution in [0, 0.1) is 0 Å². The van der Waals surface area contributed by atoms with Crippen molar-refractivity contribution in [1.29, 1.82) is 0 Å². The van der Waals surface area contributed by atoms with Gasteiger partial charge in [0.15, 0.2) is 0 Å². The maximum atomic E-state index is 11.4. The minimum atomic E-state index is -0.945. The fraction of sp³-hybridized carbons (Fsp3) is 0.188. The van der Waals surface area contributed by atoms with Gasteiger partial charge < -0.3 is 5.11 Å². The topological polar surface area (TPSA) is 68.0 Å². The molecule has 4 rings (SSSR count). The number of nitrogens with zero attached hydrogens (tertiary/aromatic N) is 3. The molecule has 0 aliphatic heterocycles. The summed E-state index contributed by atoms with van der Waals surface area (Å²) in [6, 6.07) is 13.5. The number of carbonyl (C=O) groups is 1. The van der Waals surface area contributed by atoms with Gasteiger partial charge in [-0.1, -0.05) is 35.5 Å². The van der Waals surface area contributed by atoms with Crippen LogP contribution in [0.3, 0.4) is 0 Å². The predicted octanol–water partition coefficient (Wildman–Crippen LogP) is 2.47. The summed E-state index contributed by atoms with van der Waals surface area (Å²) >= 11 is 0. The Balaban J connectivity index is 1.84. The Kier molecular flexibility index (Phi) is 2.54. The molecular weight excluding hydrogens is 266 g/mol. The molecule has 0 saturated carbocycles. The van der Waals surface area contributed by atoms with E-state index in [0.29, 0.717) is 11.0 Å². The van der Waals surface area contributed by atoms with E-state index in [0.717, 1.165) is 12.8 Å². The van der Waals surface area contributed by atoms with Crippen molar-refractivity contribution in [3.63, 3.8) is 0 Å². The van der Waals surface area contributed by atoms with Gasteiger partial charge in [-0.25, -0.2) is 9.48 Å². The molecule has 0 fully saturated rings. The molecule has 0 bridgehead atoms. The monoisotopic (exact) mass is 279 g/mol. The van der Waals surface area contributed by atoms with Gasteiger partial charge in [-0.2, -0.15) is 0 Å². The molecule has 0 unspecified atom stereocenters. The van der Waals surface area contributed by atoms with Crippen molar-refractivity contribution in [2.75, 3.05) is 0 Å². The van der Waals surface area contributed by atoms with Gasteiger partial charge in [0.25, 0.3) is 0 Å². The van der Waals surface area contributed by atoms with E-state index in [1.807, 2.05) is 12.1 Å². The zero-order chi connectivity index (χ0) is 14.4. The Morgan fingerprint density at radius 3 is 2.48 bits per heavy atom. The second-order valence-electron chi connectivity index (χ2n) is 5.34. The maximum absolute atomic E-state index is 11.4. The molecule has 2 aromatic carbocycles. The minimum absolute atomic E-state index is 0.132. The van der Waals surface area contributed by atoms with Crippen LogP contribution in [0.2, 0.25) is 0 Å². The van der Waals surface area contributed by atoms with E-state index >= 15 is 0 Å². The maximum Gasteiger partial charge on any atom is 0.337 e. The summed E-state index contributed by atoms with van der Waals surface area (Å²) in [5.74, 6) is -0.945. The molecule has 0 saturated heterocycles. The second-order valence-corrected chi connectivity index (χ2v) is 5.34. The van der Waals surface area contributed by atoms with Crippen LogP contribution in [-0.2, 0) is 12.8 Å². The number of carboxylic acids is 1. The van der Waals surface area contributed by atoms with E-state index < -0.39 is 5.97 Å². The van der Waals surface area contributed by atoms with Crippen molar-refractivity contribution in [3.8, 4) is 0 Å². The summed E-state index contributed by atoms with van der Waals surface area (Å²) in [6.07, 6.45) is 1.73. The van der Waals surface area contributed by atoms with Crippen LogP contribution in [0.25, 0.3) is 11.0 Å². The quantitative estimate of drug-likeness (QED) is 0.782. The lowest BCUT2D eigenvalue weighted by atomic mass is 10.1. The van der Waals surface area contributed by atoms with Crippen molar-refractivity contribution in [2.24, 2.45) is 0 Å². The highest BCUT2D eigenvalue weighted by atomic mass is 16.4. The number of carboxylic acid groups (broad SMARTS) is 1. The van der Waals surface area contributed by atoms with Crippen LogP contribution < -0.4 is 0 Å². The van der Waals surface area contributed by atoms with Gasteiger partial charge in [0.2, 0.25) is 0 Å². The number of benzene rings is 2. The summed E-state index contributed by atoms with van der Waals surface area (Å²) in [5.41, 5.74) is 4.11. The van der Waals surface area contributed by atoms with Crippen LogP contribution >= 0.6 is 0 Å². The number of rotatable bonds is 2. The number of fused-ring (bicyclic) bond motifs is 2. The van der Waals surface area contributed by atoms with E-state index in [1.165, 1.54) is 11.1 Å². The van der Waals surface area contributed by atoms with Gasteiger partial charge in [0, 0.05) is 0 Å². The first kappa shape index (κ1) is 12.1. The molecule has 0 atom stereocenters. The van der Waals surface area contributed by atoms with Gasteiger partial charge in [0.05, 0.1) is 11.6 Å². The van der Waals surface area contributed by atoms with Crippen LogP contribution in [0.1, 0.15) is 27.5 Å². The fourth-order valence-corrected chi connectivity index (χ4v) is 3.13. The molecule has 104 valence electrons. The van der Waals surface area contributed by atoms with Gasteiger partial charge in [-0.3, -0.25) is 0 Å². The molecule has 1 aliphatic rings. The van der Waals surface area contributed by atoms with E-state index in [9.17, 15) is 9.90 Å². The molecule has 5 heteroatoms.